The van der Waals surface area contributed by atoms with Crippen molar-refractivity contribution >= 4 is 5.97 Å². The Hall–Kier alpha value is -0.530. The van der Waals surface area contributed by atoms with Gasteiger partial charge in [-0.1, -0.05) is 188 Å². The lowest BCUT2D eigenvalue weighted by atomic mass is 10.0. The zero-order chi connectivity index (χ0) is 28.5. The van der Waals surface area contributed by atoms with E-state index in [0.29, 0.717) is 6.42 Å². The molecule has 0 amide bonds. The van der Waals surface area contributed by atoms with Crippen molar-refractivity contribution in [1.29, 1.82) is 0 Å². The van der Waals surface area contributed by atoms with Crippen LogP contribution >= 0.6 is 0 Å². The molecule has 2 heteroatoms. The van der Waals surface area contributed by atoms with Crippen LogP contribution in [0.25, 0.3) is 0 Å². The summed E-state index contributed by atoms with van der Waals surface area (Å²) >= 11 is 0. The molecular formula is C37H74O2. The van der Waals surface area contributed by atoms with Crippen molar-refractivity contribution in [1.82, 2.24) is 0 Å². The number of carbonyl (C=O) groups is 1. The SMILES string of the molecule is CCCCCCCCCCCCCCCC(=O)OC(CCCCCCCCCC)CCCCCCCCCC. The van der Waals surface area contributed by atoms with Crippen LogP contribution in [0, 0.1) is 0 Å². The molecule has 0 saturated heterocycles. The van der Waals surface area contributed by atoms with Crippen LogP contribution in [0.15, 0.2) is 0 Å². The summed E-state index contributed by atoms with van der Waals surface area (Å²) in [5.74, 6) is 0.0715. The molecule has 2 nitrogen and oxygen atoms in total. The molecule has 0 saturated carbocycles. The molecular weight excluding hydrogens is 476 g/mol. The Morgan fingerprint density at radius 3 is 0.949 bits per heavy atom. The van der Waals surface area contributed by atoms with Gasteiger partial charge in [-0.25, -0.2) is 0 Å². The lowest BCUT2D eigenvalue weighted by Crippen LogP contribution is -2.18. The molecule has 0 unspecified atom stereocenters. The number of hydrogen-bond donors (Lipinski definition) is 0. The summed E-state index contributed by atoms with van der Waals surface area (Å²) < 4.78 is 6.04. The summed E-state index contributed by atoms with van der Waals surface area (Å²) in [4.78, 5) is 12.6. The van der Waals surface area contributed by atoms with Crippen LogP contribution in [0.5, 0.6) is 0 Å². The third kappa shape index (κ3) is 31.9. The molecule has 0 bridgehead atoms. The maximum Gasteiger partial charge on any atom is 0.306 e. The van der Waals surface area contributed by atoms with Gasteiger partial charge in [0.15, 0.2) is 0 Å². The van der Waals surface area contributed by atoms with Gasteiger partial charge in [0, 0.05) is 6.42 Å². The number of carbonyl (C=O) groups excluding carboxylic acids is 1. The van der Waals surface area contributed by atoms with Crippen LogP contribution < -0.4 is 0 Å². The maximum atomic E-state index is 12.6. The fourth-order valence-electron chi connectivity index (χ4n) is 5.81. The average Bonchev–Trinajstić information content (AvgIpc) is 2.94. The molecule has 0 spiro atoms. The average molecular weight is 551 g/mol. The highest BCUT2D eigenvalue weighted by atomic mass is 16.5. The van der Waals surface area contributed by atoms with Gasteiger partial charge < -0.3 is 4.74 Å². The standard InChI is InChI=1S/C37H74O2/c1-4-7-10-13-16-19-20-21-22-23-26-29-32-35-37(38)39-36(33-30-27-24-17-14-11-8-5-2)34-31-28-25-18-15-12-9-6-3/h36H,4-35H2,1-3H3. The largest absolute Gasteiger partial charge is 0.462 e. The summed E-state index contributed by atoms with van der Waals surface area (Å²) in [6, 6.07) is 0. The summed E-state index contributed by atoms with van der Waals surface area (Å²) in [5.41, 5.74) is 0. The highest BCUT2D eigenvalue weighted by molar-refractivity contribution is 5.69. The third-order valence-corrected chi connectivity index (χ3v) is 8.54. The summed E-state index contributed by atoms with van der Waals surface area (Å²) in [7, 11) is 0. The number of rotatable bonds is 33. The molecule has 0 N–H and O–H groups in total. The van der Waals surface area contributed by atoms with Crippen molar-refractivity contribution in [2.75, 3.05) is 0 Å². The minimum absolute atomic E-state index is 0.0715. The number of esters is 1. The van der Waals surface area contributed by atoms with Gasteiger partial charge in [-0.15, -0.1) is 0 Å². The minimum atomic E-state index is 0.0715. The van der Waals surface area contributed by atoms with Crippen LogP contribution in [0.4, 0.5) is 0 Å². The van der Waals surface area contributed by atoms with Crippen LogP contribution in [-0.2, 0) is 9.53 Å². The predicted molar refractivity (Wildman–Crippen MR) is 175 cm³/mol. The van der Waals surface area contributed by atoms with Gasteiger partial charge in [-0.3, -0.25) is 4.79 Å². The van der Waals surface area contributed by atoms with E-state index in [2.05, 4.69) is 20.8 Å². The van der Waals surface area contributed by atoms with E-state index >= 15 is 0 Å². The lowest BCUT2D eigenvalue weighted by Gasteiger charge is -2.18. The van der Waals surface area contributed by atoms with E-state index in [1.165, 1.54) is 180 Å². The number of ether oxygens (including phenoxy) is 1. The third-order valence-electron chi connectivity index (χ3n) is 8.54. The molecule has 0 rings (SSSR count). The van der Waals surface area contributed by atoms with E-state index in [1.54, 1.807) is 0 Å². The van der Waals surface area contributed by atoms with Crippen LogP contribution in [0.1, 0.15) is 226 Å². The fourth-order valence-corrected chi connectivity index (χ4v) is 5.81. The molecule has 0 aliphatic heterocycles. The summed E-state index contributed by atoms with van der Waals surface area (Å²) in [6.07, 6.45) is 41.9. The summed E-state index contributed by atoms with van der Waals surface area (Å²) in [6.45, 7) is 6.86. The van der Waals surface area contributed by atoms with Crippen molar-refractivity contribution in [2.24, 2.45) is 0 Å². The van der Waals surface area contributed by atoms with Crippen LogP contribution in [-0.4, -0.2) is 12.1 Å². The lowest BCUT2D eigenvalue weighted by molar-refractivity contribution is -0.150. The highest BCUT2D eigenvalue weighted by Crippen LogP contribution is 2.19. The number of unbranched alkanes of at least 4 members (excludes halogenated alkanes) is 26. The van der Waals surface area contributed by atoms with Crippen molar-refractivity contribution in [3.63, 3.8) is 0 Å². The molecule has 0 aromatic rings. The molecule has 39 heavy (non-hydrogen) atoms. The highest BCUT2D eigenvalue weighted by Gasteiger charge is 2.14. The zero-order valence-electron chi connectivity index (χ0n) is 27.5. The minimum Gasteiger partial charge on any atom is -0.462 e. The Labute approximate surface area is 247 Å². The molecule has 0 radical (unpaired) electrons. The Bertz CT molecular complexity index is 440. The second-order valence-corrected chi connectivity index (χ2v) is 12.6. The van der Waals surface area contributed by atoms with Gasteiger partial charge in [0.1, 0.15) is 6.10 Å². The normalized spacial score (nSPS) is 11.5. The van der Waals surface area contributed by atoms with E-state index in [-0.39, 0.29) is 12.1 Å². The predicted octanol–water partition coefficient (Wildman–Crippen LogP) is 13.4. The Balaban J connectivity index is 3.94. The molecule has 0 aromatic carbocycles. The molecule has 0 aliphatic rings. The van der Waals surface area contributed by atoms with E-state index in [1.807, 2.05) is 0 Å². The first kappa shape index (κ1) is 38.5. The molecule has 0 atom stereocenters. The van der Waals surface area contributed by atoms with Gasteiger partial charge >= 0.3 is 5.97 Å². The molecule has 0 aliphatic carbocycles. The van der Waals surface area contributed by atoms with Gasteiger partial charge in [-0.05, 0) is 32.1 Å². The smallest absolute Gasteiger partial charge is 0.306 e. The first-order valence-electron chi connectivity index (χ1n) is 18.4. The van der Waals surface area contributed by atoms with Gasteiger partial charge in [-0.2, -0.15) is 0 Å². The van der Waals surface area contributed by atoms with Crippen LogP contribution in [0.2, 0.25) is 0 Å². The van der Waals surface area contributed by atoms with E-state index in [4.69, 9.17) is 4.74 Å². The van der Waals surface area contributed by atoms with Gasteiger partial charge in [0.05, 0.1) is 0 Å². The first-order chi connectivity index (χ1) is 19.2. The summed E-state index contributed by atoms with van der Waals surface area (Å²) in [5, 5.41) is 0. The molecule has 0 aromatic heterocycles. The Kier molecular flexibility index (Phi) is 33.2. The van der Waals surface area contributed by atoms with Crippen molar-refractivity contribution in [3.8, 4) is 0 Å². The van der Waals surface area contributed by atoms with E-state index in [9.17, 15) is 4.79 Å². The number of hydrogen-bond acceptors (Lipinski definition) is 2. The van der Waals surface area contributed by atoms with Crippen molar-refractivity contribution < 1.29 is 9.53 Å². The monoisotopic (exact) mass is 551 g/mol. The van der Waals surface area contributed by atoms with Crippen molar-refractivity contribution in [2.45, 2.75) is 232 Å². The van der Waals surface area contributed by atoms with Crippen molar-refractivity contribution in [3.05, 3.63) is 0 Å². The topological polar surface area (TPSA) is 26.3 Å². The fraction of sp³-hybridized carbons (Fsp3) is 0.973. The van der Waals surface area contributed by atoms with Crippen LogP contribution in [0.3, 0.4) is 0 Å². The van der Waals surface area contributed by atoms with E-state index < -0.39 is 0 Å². The second kappa shape index (κ2) is 33.7. The molecule has 0 heterocycles. The molecule has 234 valence electrons. The van der Waals surface area contributed by atoms with E-state index in [0.717, 1.165) is 19.3 Å². The van der Waals surface area contributed by atoms with Gasteiger partial charge in [0.25, 0.3) is 0 Å². The Morgan fingerprint density at radius 1 is 0.385 bits per heavy atom. The zero-order valence-corrected chi connectivity index (χ0v) is 27.5. The first-order valence-corrected chi connectivity index (χ1v) is 18.4. The second-order valence-electron chi connectivity index (χ2n) is 12.6. The molecule has 0 fully saturated rings. The van der Waals surface area contributed by atoms with Gasteiger partial charge in [0.2, 0.25) is 0 Å². The quantitative estimate of drug-likeness (QED) is 0.0600. The maximum absolute atomic E-state index is 12.6. The Morgan fingerprint density at radius 2 is 0.641 bits per heavy atom.